The van der Waals surface area contributed by atoms with E-state index in [4.69, 9.17) is 22.2 Å². The van der Waals surface area contributed by atoms with Crippen LogP contribution in [0.5, 0.6) is 11.5 Å². The Bertz CT molecular complexity index is 2510. The second-order valence-corrected chi connectivity index (χ2v) is 18.8. The van der Waals surface area contributed by atoms with Crippen molar-refractivity contribution in [3.8, 4) is 11.5 Å². The molecule has 0 saturated carbocycles. The largest absolute Gasteiger partial charge is 2.00 e. The summed E-state index contributed by atoms with van der Waals surface area (Å²) in [4.78, 5) is 12.4. The number of fused-ring (bicyclic) bond motifs is 5. The SMILES string of the molecule is [2H]C1([2H])C[C@]2(C)OC(c3[c-]c(Oc4[c-]c5c(cc4C)C(C)(C)c4cc(C)ccc4N5c4cc(C(C)(C)C)ccn4)cc(C(C)(C)C)c3)=N[C@@H]2c2ccc(C)c(C)c21.[Pt+2]. The van der Waals surface area contributed by atoms with Gasteiger partial charge in [0.2, 0.25) is 0 Å². The molecule has 1 aliphatic carbocycles. The molecule has 1 aromatic heterocycles. The van der Waals surface area contributed by atoms with E-state index in [1.54, 1.807) is 0 Å². The first-order valence-corrected chi connectivity index (χ1v) is 19.6. The van der Waals surface area contributed by atoms with E-state index in [1.807, 2.05) is 33.0 Å². The zero-order chi connectivity index (χ0) is 41.2. The maximum Gasteiger partial charge on any atom is 2.00 e. The number of rotatable bonds is 4. The molecule has 6 heteroatoms. The van der Waals surface area contributed by atoms with Crippen LogP contribution in [-0.4, -0.2) is 16.5 Å². The van der Waals surface area contributed by atoms with Gasteiger partial charge in [0.1, 0.15) is 23.4 Å². The molecule has 0 unspecified atom stereocenters. The third-order valence-electron chi connectivity index (χ3n) is 12.0. The molecule has 2 atom stereocenters. The molecule has 4 aromatic carbocycles. The Labute approximate surface area is 352 Å². The molecule has 56 heavy (non-hydrogen) atoms. The summed E-state index contributed by atoms with van der Waals surface area (Å²) in [7, 11) is 0. The first-order chi connectivity index (χ1) is 26.5. The van der Waals surface area contributed by atoms with E-state index in [-0.39, 0.29) is 49.8 Å². The summed E-state index contributed by atoms with van der Waals surface area (Å²) in [6, 6.07) is 28.4. The van der Waals surface area contributed by atoms with Crippen molar-refractivity contribution >= 4 is 23.1 Å². The number of ether oxygens (including phenoxy) is 2. The van der Waals surface area contributed by atoms with Crippen LogP contribution in [0.1, 0.15) is 139 Å². The van der Waals surface area contributed by atoms with Crippen LogP contribution in [0.3, 0.4) is 0 Å². The number of aromatic nitrogens is 1. The molecule has 0 N–H and O–H groups in total. The Morgan fingerprint density at radius 1 is 0.839 bits per heavy atom. The number of aryl methyl sites for hydroxylation is 3. The van der Waals surface area contributed by atoms with Gasteiger partial charge in [-0.25, -0.2) is 4.98 Å². The van der Waals surface area contributed by atoms with Crippen molar-refractivity contribution in [3.63, 3.8) is 0 Å². The van der Waals surface area contributed by atoms with Crippen molar-refractivity contribution in [2.24, 2.45) is 4.99 Å². The average molecular weight is 927 g/mol. The molecule has 292 valence electrons. The van der Waals surface area contributed by atoms with Gasteiger partial charge < -0.3 is 14.4 Å². The summed E-state index contributed by atoms with van der Waals surface area (Å²) in [6.07, 6.45) is 0.546. The van der Waals surface area contributed by atoms with Gasteiger partial charge in [-0.1, -0.05) is 116 Å². The van der Waals surface area contributed by atoms with Crippen molar-refractivity contribution in [3.05, 3.63) is 140 Å². The topological polar surface area (TPSA) is 47.0 Å². The van der Waals surface area contributed by atoms with Gasteiger partial charge >= 0.3 is 21.1 Å². The van der Waals surface area contributed by atoms with Crippen LogP contribution >= 0.6 is 0 Å². The number of anilines is 3. The zero-order valence-electron chi connectivity index (χ0n) is 37.1. The van der Waals surface area contributed by atoms with Crippen LogP contribution in [0.15, 0.2) is 71.9 Å². The number of nitrogens with zero attached hydrogens (tertiary/aromatic N) is 3. The van der Waals surface area contributed by atoms with Crippen molar-refractivity contribution < 1.29 is 33.3 Å². The van der Waals surface area contributed by atoms with Gasteiger partial charge in [0, 0.05) is 26.1 Å². The molecular weight excluding hydrogens is 870 g/mol. The molecule has 2 aliphatic heterocycles. The molecule has 0 radical (unpaired) electrons. The van der Waals surface area contributed by atoms with Crippen molar-refractivity contribution in [2.45, 2.75) is 131 Å². The van der Waals surface area contributed by atoms with Crippen LogP contribution in [0.2, 0.25) is 0 Å². The van der Waals surface area contributed by atoms with Crippen molar-refractivity contribution in [1.82, 2.24) is 4.98 Å². The monoisotopic (exact) mass is 926 g/mol. The first kappa shape index (κ1) is 37.4. The summed E-state index contributed by atoms with van der Waals surface area (Å²) in [6.45, 7) is 28.0. The minimum Gasteiger partial charge on any atom is -0.512 e. The molecule has 5 aromatic rings. The standard InChI is InChI=1S/C50H55N3O2.Pt/c1-29-14-17-41-39(22-29)49(11,12)40-23-31(3)43(28-42(40)53(41)44-27-34(19-21-51-44)47(5,6)7)54-36-25-33(24-35(26-36)48(8,9)10)46-52-45-38-16-15-30(2)32(4)37(38)18-20-50(45,13)55-46;/h14-17,19,21-24,26-27,45H,18,20H2,1-13H3;/q-2;+2/t45-,50+;/m1./s1/i18D2;. The van der Waals surface area contributed by atoms with E-state index in [9.17, 15) is 0 Å². The zero-order valence-corrected chi connectivity index (χ0v) is 37.4. The minimum absolute atomic E-state index is 0. The molecule has 5 nitrogen and oxygen atoms in total. The summed E-state index contributed by atoms with van der Waals surface area (Å²) in [5.41, 5.74) is 11.7. The fourth-order valence-electron chi connectivity index (χ4n) is 8.27. The summed E-state index contributed by atoms with van der Waals surface area (Å²) < 4.78 is 31.9. The number of benzene rings is 4. The van der Waals surface area contributed by atoms with E-state index >= 15 is 0 Å². The Morgan fingerprint density at radius 2 is 1.57 bits per heavy atom. The number of aliphatic imine (C=N–C) groups is 1. The quantitative estimate of drug-likeness (QED) is 0.169. The molecule has 3 aliphatic rings. The first-order valence-electron chi connectivity index (χ1n) is 20.6. The second kappa shape index (κ2) is 13.7. The fraction of sp³-hybridized carbons (Fsp3) is 0.400. The van der Waals surface area contributed by atoms with Gasteiger partial charge in [0.25, 0.3) is 0 Å². The maximum absolute atomic E-state index is 9.13. The van der Waals surface area contributed by atoms with Crippen LogP contribution in [-0.2, 0) is 48.4 Å². The van der Waals surface area contributed by atoms with E-state index in [0.29, 0.717) is 23.0 Å². The normalized spacial score (nSPS) is 20.9. The predicted molar refractivity (Wildman–Crippen MR) is 225 cm³/mol. The van der Waals surface area contributed by atoms with Crippen LogP contribution in [0.25, 0.3) is 0 Å². The molecule has 0 fully saturated rings. The average Bonchev–Trinajstić information content (AvgIpc) is 3.46. The third kappa shape index (κ3) is 6.72. The number of hydrogen-bond acceptors (Lipinski definition) is 5. The molecule has 0 spiro atoms. The Kier molecular flexibility index (Phi) is 9.16. The second-order valence-electron chi connectivity index (χ2n) is 18.8. The molecular formula is C50H55N3O2Pt. The molecule has 3 heterocycles. The Morgan fingerprint density at radius 3 is 2.29 bits per heavy atom. The minimum atomic E-state index is -1.56. The van der Waals surface area contributed by atoms with E-state index in [0.717, 1.165) is 56.1 Å². The van der Waals surface area contributed by atoms with Gasteiger partial charge in [0.05, 0.1) is 0 Å². The number of pyridine rings is 1. The maximum atomic E-state index is 9.13. The van der Waals surface area contributed by atoms with Gasteiger partial charge in [-0.2, -0.15) is 6.07 Å². The van der Waals surface area contributed by atoms with Gasteiger partial charge in [0.15, 0.2) is 0 Å². The van der Waals surface area contributed by atoms with Crippen LogP contribution < -0.4 is 9.64 Å². The van der Waals surface area contributed by atoms with E-state index in [1.165, 1.54) is 16.7 Å². The van der Waals surface area contributed by atoms with Crippen molar-refractivity contribution in [2.75, 3.05) is 4.90 Å². The summed E-state index contributed by atoms with van der Waals surface area (Å²) in [5.74, 6) is 2.43. The Balaban J connectivity index is 0.00000512. The van der Waals surface area contributed by atoms with Crippen LogP contribution in [0.4, 0.5) is 17.2 Å². The van der Waals surface area contributed by atoms with E-state index in [2.05, 4.69) is 141 Å². The Hall–Kier alpha value is -4.21. The van der Waals surface area contributed by atoms with Crippen molar-refractivity contribution in [1.29, 1.82) is 0 Å². The third-order valence-corrected chi connectivity index (χ3v) is 12.0. The predicted octanol–water partition coefficient (Wildman–Crippen LogP) is 12.6. The molecule has 8 rings (SSSR count). The smallest absolute Gasteiger partial charge is 0.512 e. The van der Waals surface area contributed by atoms with E-state index < -0.39 is 12.0 Å². The molecule has 0 amide bonds. The van der Waals surface area contributed by atoms with Gasteiger partial charge in [-0.3, -0.25) is 4.99 Å². The molecule has 0 saturated heterocycles. The van der Waals surface area contributed by atoms with Gasteiger partial charge in [-0.05, 0) is 108 Å². The van der Waals surface area contributed by atoms with Gasteiger partial charge in [-0.15, -0.1) is 28.8 Å². The fourth-order valence-corrected chi connectivity index (χ4v) is 8.27. The van der Waals surface area contributed by atoms with Crippen LogP contribution in [0, 0.1) is 39.8 Å². The number of hydrogen-bond donors (Lipinski definition) is 0. The molecule has 0 bridgehead atoms. The summed E-state index contributed by atoms with van der Waals surface area (Å²) >= 11 is 0. The summed E-state index contributed by atoms with van der Waals surface area (Å²) in [5, 5.41) is 0.